The highest BCUT2D eigenvalue weighted by Crippen LogP contribution is 2.00. The molecule has 0 spiro atoms. The summed E-state index contributed by atoms with van der Waals surface area (Å²) in [7, 11) is 0. The normalized spacial score (nSPS) is 18.1. The molecule has 1 aliphatic rings. The minimum Gasteiger partial charge on any atom is -0.394 e. The van der Waals surface area contributed by atoms with E-state index in [0.717, 1.165) is 0 Å². The van der Waals surface area contributed by atoms with E-state index in [1.54, 1.807) is 0 Å². The standard InChI is InChI=1S/C11H22N2O4/c1-10(12-2-6-16-9-5-14)11(15)13-3-7-17-8-4-13/h10,12,14H,2-9H2,1H3/t10-/m1/s1. The second kappa shape index (κ2) is 8.41. The Morgan fingerprint density at radius 1 is 1.47 bits per heavy atom. The van der Waals surface area contributed by atoms with Gasteiger partial charge < -0.3 is 24.8 Å². The van der Waals surface area contributed by atoms with E-state index >= 15 is 0 Å². The van der Waals surface area contributed by atoms with Crippen molar-refractivity contribution in [2.75, 3.05) is 52.7 Å². The predicted molar refractivity (Wildman–Crippen MR) is 62.8 cm³/mol. The van der Waals surface area contributed by atoms with Gasteiger partial charge in [0.15, 0.2) is 0 Å². The van der Waals surface area contributed by atoms with Crippen LogP contribution in [0.4, 0.5) is 0 Å². The van der Waals surface area contributed by atoms with Crippen LogP contribution in [0.15, 0.2) is 0 Å². The third-order valence-electron chi connectivity index (χ3n) is 2.63. The molecule has 100 valence electrons. The lowest BCUT2D eigenvalue weighted by Gasteiger charge is -2.29. The van der Waals surface area contributed by atoms with Crippen LogP contribution in [0.1, 0.15) is 6.92 Å². The number of carbonyl (C=O) groups excluding carboxylic acids is 1. The number of nitrogens with one attached hydrogen (secondary N) is 1. The van der Waals surface area contributed by atoms with Crippen LogP contribution in [0.25, 0.3) is 0 Å². The van der Waals surface area contributed by atoms with Crippen molar-refractivity contribution in [3.8, 4) is 0 Å². The number of aliphatic hydroxyl groups excluding tert-OH is 1. The van der Waals surface area contributed by atoms with Gasteiger partial charge in [-0.15, -0.1) is 0 Å². The summed E-state index contributed by atoms with van der Waals surface area (Å²) in [5, 5.41) is 11.6. The maximum absolute atomic E-state index is 11.9. The molecule has 2 N–H and O–H groups in total. The average Bonchev–Trinajstić information content (AvgIpc) is 2.38. The van der Waals surface area contributed by atoms with E-state index < -0.39 is 0 Å². The molecule has 1 fully saturated rings. The Morgan fingerprint density at radius 3 is 2.82 bits per heavy atom. The summed E-state index contributed by atoms with van der Waals surface area (Å²) in [5.74, 6) is 0.107. The summed E-state index contributed by atoms with van der Waals surface area (Å²) in [6.07, 6.45) is 0. The highest BCUT2D eigenvalue weighted by Gasteiger charge is 2.21. The Labute approximate surface area is 102 Å². The molecule has 0 aliphatic carbocycles. The highest BCUT2D eigenvalue weighted by atomic mass is 16.5. The van der Waals surface area contributed by atoms with Crippen molar-refractivity contribution in [3.05, 3.63) is 0 Å². The lowest BCUT2D eigenvalue weighted by atomic mass is 10.2. The first-order valence-corrected chi connectivity index (χ1v) is 6.04. The van der Waals surface area contributed by atoms with Crippen molar-refractivity contribution in [1.82, 2.24) is 10.2 Å². The maximum Gasteiger partial charge on any atom is 0.239 e. The van der Waals surface area contributed by atoms with Gasteiger partial charge in [0.25, 0.3) is 0 Å². The summed E-state index contributed by atoms with van der Waals surface area (Å²) in [6.45, 7) is 5.92. The van der Waals surface area contributed by atoms with Crippen LogP contribution >= 0.6 is 0 Å². The minimum atomic E-state index is -0.203. The van der Waals surface area contributed by atoms with E-state index in [1.165, 1.54) is 0 Å². The fraction of sp³-hybridized carbons (Fsp3) is 0.909. The summed E-state index contributed by atoms with van der Waals surface area (Å²) in [4.78, 5) is 13.8. The SMILES string of the molecule is C[C@@H](NCCOCCO)C(=O)N1CCOCC1. The number of aliphatic hydroxyl groups is 1. The number of hydrogen-bond donors (Lipinski definition) is 2. The predicted octanol–water partition coefficient (Wildman–Crippen LogP) is -1.17. The van der Waals surface area contributed by atoms with E-state index in [-0.39, 0.29) is 18.6 Å². The number of morpholine rings is 1. The molecule has 17 heavy (non-hydrogen) atoms. The molecule has 0 aromatic heterocycles. The van der Waals surface area contributed by atoms with Crippen LogP contribution in [-0.2, 0) is 14.3 Å². The molecule has 1 atom stereocenters. The van der Waals surface area contributed by atoms with Gasteiger partial charge in [-0.2, -0.15) is 0 Å². The topological polar surface area (TPSA) is 71.0 Å². The van der Waals surface area contributed by atoms with Crippen molar-refractivity contribution >= 4 is 5.91 Å². The first-order valence-electron chi connectivity index (χ1n) is 6.04. The van der Waals surface area contributed by atoms with Gasteiger partial charge in [0, 0.05) is 19.6 Å². The van der Waals surface area contributed by atoms with Gasteiger partial charge >= 0.3 is 0 Å². The molecule has 0 bridgehead atoms. The Balaban J connectivity index is 2.12. The molecule has 0 aromatic carbocycles. The lowest BCUT2D eigenvalue weighted by molar-refractivity contribution is -0.137. The largest absolute Gasteiger partial charge is 0.394 e. The summed E-state index contributed by atoms with van der Waals surface area (Å²) in [6, 6.07) is -0.203. The maximum atomic E-state index is 11.9. The summed E-state index contributed by atoms with van der Waals surface area (Å²) >= 11 is 0. The summed E-state index contributed by atoms with van der Waals surface area (Å²) in [5.41, 5.74) is 0. The van der Waals surface area contributed by atoms with Gasteiger partial charge in [-0.05, 0) is 6.92 Å². The third-order valence-corrected chi connectivity index (χ3v) is 2.63. The van der Waals surface area contributed by atoms with Gasteiger partial charge in [0.1, 0.15) is 0 Å². The monoisotopic (exact) mass is 246 g/mol. The van der Waals surface area contributed by atoms with Gasteiger partial charge in [0.05, 0.1) is 39.1 Å². The molecule has 0 radical (unpaired) electrons. The van der Waals surface area contributed by atoms with E-state index in [4.69, 9.17) is 14.6 Å². The van der Waals surface area contributed by atoms with E-state index in [1.807, 2.05) is 11.8 Å². The average molecular weight is 246 g/mol. The Morgan fingerprint density at radius 2 is 2.18 bits per heavy atom. The van der Waals surface area contributed by atoms with E-state index in [0.29, 0.717) is 46.1 Å². The quantitative estimate of drug-likeness (QED) is 0.554. The Hall–Kier alpha value is -0.690. The first kappa shape index (κ1) is 14.4. The molecular weight excluding hydrogens is 224 g/mol. The third kappa shape index (κ3) is 5.45. The Bertz CT molecular complexity index is 220. The zero-order valence-electron chi connectivity index (χ0n) is 10.4. The van der Waals surface area contributed by atoms with Crippen molar-refractivity contribution in [1.29, 1.82) is 0 Å². The molecule has 6 nitrogen and oxygen atoms in total. The van der Waals surface area contributed by atoms with Crippen LogP contribution in [0.5, 0.6) is 0 Å². The number of nitrogens with zero attached hydrogens (tertiary/aromatic N) is 1. The molecule has 0 unspecified atom stereocenters. The molecule has 0 saturated carbocycles. The smallest absolute Gasteiger partial charge is 0.239 e. The first-order chi connectivity index (χ1) is 8.25. The van der Waals surface area contributed by atoms with Crippen molar-refractivity contribution in [3.63, 3.8) is 0 Å². The molecule has 6 heteroatoms. The second-order valence-corrected chi connectivity index (χ2v) is 3.95. The van der Waals surface area contributed by atoms with Crippen LogP contribution in [0.3, 0.4) is 0 Å². The lowest BCUT2D eigenvalue weighted by Crippen LogP contribution is -2.49. The number of hydrogen-bond acceptors (Lipinski definition) is 5. The minimum absolute atomic E-state index is 0.0300. The van der Waals surface area contributed by atoms with Gasteiger partial charge in [-0.1, -0.05) is 0 Å². The number of rotatable bonds is 7. The van der Waals surface area contributed by atoms with Gasteiger partial charge in [-0.3, -0.25) is 4.79 Å². The molecule has 0 aromatic rings. The van der Waals surface area contributed by atoms with Crippen LogP contribution < -0.4 is 5.32 Å². The van der Waals surface area contributed by atoms with Crippen molar-refractivity contribution in [2.24, 2.45) is 0 Å². The van der Waals surface area contributed by atoms with Crippen molar-refractivity contribution in [2.45, 2.75) is 13.0 Å². The van der Waals surface area contributed by atoms with Gasteiger partial charge in [0.2, 0.25) is 5.91 Å². The van der Waals surface area contributed by atoms with Gasteiger partial charge in [-0.25, -0.2) is 0 Å². The molecule has 1 heterocycles. The second-order valence-electron chi connectivity index (χ2n) is 3.95. The number of amides is 1. The van der Waals surface area contributed by atoms with Crippen LogP contribution in [0.2, 0.25) is 0 Å². The van der Waals surface area contributed by atoms with E-state index in [2.05, 4.69) is 5.32 Å². The highest BCUT2D eigenvalue weighted by molar-refractivity contribution is 5.81. The number of carbonyl (C=O) groups is 1. The number of ether oxygens (including phenoxy) is 2. The molecule has 1 amide bonds. The van der Waals surface area contributed by atoms with Crippen LogP contribution in [-0.4, -0.2) is 74.6 Å². The van der Waals surface area contributed by atoms with Crippen molar-refractivity contribution < 1.29 is 19.4 Å². The van der Waals surface area contributed by atoms with E-state index in [9.17, 15) is 4.79 Å². The Kier molecular flexibility index (Phi) is 7.11. The fourth-order valence-corrected chi connectivity index (χ4v) is 1.66. The van der Waals surface area contributed by atoms with Crippen LogP contribution in [0, 0.1) is 0 Å². The fourth-order valence-electron chi connectivity index (χ4n) is 1.66. The molecular formula is C11H22N2O4. The molecule has 1 saturated heterocycles. The molecule has 1 aliphatic heterocycles. The summed E-state index contributed by atoms with van der Waals surface area (Å²) < 4.78 is 10.3. The molecule has 1 rings (SSSR count). The zero-order valence-corrected chi connectivity index (χ0v) is 10.4. The zero-order chi connectivity index (χ0) is 12.5.